The van der Waals surface area contributed by atoms with E-state index in [-0.39, 0.29) is 23.7 Å². The van der Waals surface area contributed by atoms with Gasteiger partial charge in [-0.25, -0.2) is 0 Å². The molecule has 0 radical (unpaired) electrons. The maximum atomic E-state index is 12.9. The number of hydrogen-bond acceptors (Lipinski definition) is 5. The van der Waals surface area contributed by atoms with Crippen LogP contribution in [0.15, 0.2) is 47.6 Å². The molecule has 0 spiro atoms. The number of amides is 1. The zero-order chi connectivity index (χ0) is 23.4. The summed E-state index contributed by atoms with van der Waals surface area (Å²) in [4.78, 5) is 14.8. The molecule has 0 aliphatic heterocycles. The van der Waals surface area contributed by atoms with Crippen LogP contribution >= 0.6 is 35.0 Å². The number of thioether (sulfide) groups is 1. The third kappa shape index (κ3) is 5.39. The standard InChI is InChI=1S/C23H26Cl2N4O2S/c1-14(2)28(15(3)4)21(30)13-32-23-27-26-22(16-6-9-18(31-5)10-7-16)29(23)17-8-11-19(24)20(25)12-17/h6-12,14-15H,13H2,1-5H3. The smallest absolute Gasteiger partial charge is 0.233 e. The molecule has 1 heterocycles. The van der Waals surface area contributed by atoms with E-state index in [9.17, 15) is 4.79 Å². The monoisotopic (exact) mass is 492 g/mol. The molecule has 0 atom stereocenters. The Morgan fingerprint density at radius 1 is 1.03 bits per heavy atom. The second-order valence-electron chi connectivity index (χ2n) is 7.75. The largest absolute Gasteiger partial charge is 0.497 e. The van der Waals surface area contributed by atoms with Crippen molar-refractivity contribution in [3.63, 3.8) is 0 Å². The molecule has 0 saturated heterocycles. The molecule has 9 heteroatoms. The Kier molecular flexibility index (Phi) is 8.09. The molecular formula is C23H26Cl2N4O2S. The van der Waals surface area contributed by atoms with Crippen LogP contribution < -0.4 is 4.74 Å². The number of halogens is 2. The molecule has 0 aliphatic rings. The van der Waals surface area contributed by atoms with E-state index in [1.165, 1.54) is 11.8 Å². The van der Waals surface area contributed by atoms with Gasteiger partial charge < -0.3 is 9.64 Å². The van der Waals surface area contributed by atoms with Crippen LogP contribution in [0, 0.1) is 0 Å². The van der Waals surface area contributed by atoms with Crippen molar-refractivity contribution in [2.24, 2.45) is 0 Å². The van der Waals surface area contributed by atoms with E-state index in [4.69, 9.17) is 27.9 Å². The maximum absolute atomic E-state index is 12.9. The molecule has 3 aromatic rings. The van der Waals surface area contributed by atoms with Gasteiger partial charge in [0.05, 0.1) is 28.6 Å². The second kappa shape index (κ2) is 10.6. The van der Waals surface area contributed by atoms with Crippen LogP contribution in [-0.2, 0) is 4.79 Å². The zero-order valence-electron chi connectivity index (χ0n) is 18.7. The van der Waals surface area contributed by atoms with Gasteiger partial charge in [0.1, 0.15) is 5.75 Å². The average molecular weight is 493 g/mol. The van der Waals surface area contributed by atoms with Gasteiger partial charge in [-0.05, 0) is 70.2 Å². The van der Waals surface area contributed by atoms with Gasteiger partial charge in [-0.15, -0.1) is 10.2 Å². The third-order valence-electron chi connectivity index (χ3n) is 4.87. The van der Waals surface area contributed by atoms with Gasteiger partial charge >= 0.3 is 0 Å². The molecule has 6 nitrogen and oxygen atoms in total. The zero-order valence-corrected chi connectivity index (χ0v) is 21.0. The highest BCUT2D eigenvalue weighted by Crippen LogP contribution is 2.32. The quantitative estimate of drug-likeness (QED) is 0.361. The number of hydrogen-bond donors (Lipinski definition) is 0. The van der Waals surface area contributed by atoms with Crippen LogP contribution in [-0.4, -0.2) is 50.5 Å². The molecule has 0 unspecified atom stereocenters. The van der Waals surface area contributed by atoms with Crippen LogP contribution in [0.1, 0.15) is 27.7 Å². The Bertz CT molecular complexity index is 1080. The van der Waals surface area contributed by atoms with Gasteiger partial charge in [0.15, 0.2) is 11.0 Å². The summed E-state index contributed by atoms with van der Waals surface area (Å²) in [6.45, 7) is 8.07. The number of benzene rings is 2. The average Bonchev–Trinajstić information content (AvgIpc) is 3.17. The fourth-order valence-corrected chi connectivity index (χ4v) is 4.63. The highest BCUT2D eigenvalue weighted by molar-refractivity contribution is 7.99. The van der Waals surface area contributed by atoms with Gasteiger partial charge in [-0.1, -0.05) is 35.0 Å². The number of rotatable bonds is 8. The molecule has 0 bridgehead atoms. The molecule has 170 valence electrons. The molecule has 1 amide bonds. The summed E-state index contributed by atoms with van der Waals surface area (Å²) in [6, 6.07) is 13.1. The van der Waals surface area contributed by atoms with Crippen molar-refractivity contribution in [2.45, 2.75) is 44.9 Å². The van der Waals surface area contributed by atoms with Crippen LogP contribution in [0.3, 0.4) is 0 Å². The first-order valence-corrected chi connectivity index (χ1v) is 12.0. The predicted octanol–water partition coefficient (Wildman–Crippen LogP) is 5.99. The summed E-state index contributed by atoms with van der Waals surface area (Å²) >= 11 is 13.8. The van der Waals surface area contributed by atoms with Crippen molar-refractivity contribution < 1.29 is 9.53 Å². The molecule has 32 heavy (non-hydrogen) atoms. The topological polar surface area (TPSA) is 60.3 Å². The van der Waals surface area contributed by atoms with Crippen molar-refractivity contribution in [1.82, 2.24) is 19.7 Å². The summed E-state index contributed by atoms with van der Waals surface area (Å²) in [5, 5.41) is 10.3. The fraction of sp³-hybridized carbons (Fsp3) is 0.348. The van der Waals surface area contributed by atoms with Crippen LogP contribution in [0.5, 0.6) is 5.75 Å². The number of ether oxygens (including phenoxy) is 1. The van der Waals surface area contributed by atoms with Gasteiger partial charge in [-0.3, -0.25) is 9.36 Å². The fourth-order valence-electron chi connectivity index (χ4n) is 3.52. The molecule has 0 fully saturated rings. The predicted molar refractivity (Wildman–Crippen MR) is 131 cm³/mol. The van der Waals surface area contributed by atoms with Crippen LogP contribution in [0.2, 0.25) is 10.0 Å². The number of aromatic nitrogens is 3. The summed E-state index contributed by atoms with van der Waals surface area (Å²) in [7, 11) is 1.62. The van der Waals surface area contributed by atoms with Crippen molar-refractivity contribution in [3.05, 3.63) is 52.5 Å². The lowest BCUT2D eigenvalue weighted by Gasteiger charge is -2.30. The van der Waals surface area contributed by atoms with E-state index in [2.05, 4.69) is 10.2 Å². The molecule has 3 rings (SSSR count). The Balaban J connectivity index is 1.99. The molecule has 0 N–H and O–H groups in total. The second-order valence-corrected chi connectivity index (χ2v) is 9.50. The number of methoxy groups -OCH3 is 1. The minimum Gasteiger partial charge on any atom is -0.497 e. The summed E-state index contributed by atoms with van der Waals surface area (Å²) in [6.07, 6.45) is 0. The highest BCUT2D eigenvalue weighted by atomic mass is 35.5. The molecule has 2 aromatic carbocycles. The van der Waals surface area contributed by atoms with E-state index in [0.29, 0.717) is 21.0 Å². The maximum Gasteiger partial charge on any atom is 0.233 e. The first kappa shape index (κ1) is 24.4. The molecule has 1 aromatic heterocycles. The van der Waals surface area contributed by atoms with Gasteiger partial charge in [0.25, 0.3) is 0 Å². The van der Waals surface area contributed by atoms with Crippen molar-refractivity contribution in [2.75, 3.05) is 12.9 Å². The van der Waals surface area contributed by atoms with E-state index >= 15 is 0 Å². The first-order valence-electron chi connectivity index (χ1n) is 10.2. The summed E-state index contributed by atoms with van der Waals surface area (Å²) in [5.41, 5.74) is 1.61. The molecule has 0 aliphatic carbocycles. The van der Waals surface area contributed by atoms with Crippen LogP contribution in [0.4, 0.5) is 0 Å². The van der Waals surface area contributed by atoms with Gasteiger partial charge in [-0.2, -0.15) is 0 Å². The Morgan fingerprint density at radius 2 is 1.69 bits per heavy atom. The minimum atomic E-state index is 0.0506. The SMILES string of the molecule is COc1ccc(-c2nnc(SCC(=O)N(C(C)C)C(C)C)n2-c2ccc(Cl)c(Cl)c2)cc1. The van der Waals surface area contributed by atoms with Gasteiger partial charge in [0, 0.05) is 17.6 Å². The van der Waals surface area contributed by atoms with E-state index < -0.39 is 0 Å². The third-order valence-corrected chi connectivity index (χ3v) is 6.52. The van der Waals surface area contributed by atoms with Crippen molar-refractivity contribution in [3.8, 4) is 22.8 Å². The Morgan fingerprint density at radius 3 is 2.25 bits per heavy atom. The minimum absolute atomic E-state index is 0.0506. The highest BCUT2D eigenvalue weighted by Gasteiger charge is 2.23. The normalized spacial score (nSPS) is 11.3. The number of nitrogens with zero attached hydrogens (tertiary/aromatic N) is 4. The van der Waals surface area contributed by atoms with Gasteiger partial charge in [0.2, 0.25) is 5.91 Å². The van der Waals surface area contributed by atoms with E-state index in [0.717, 1.165) is 17.0 Å². The first-order chi connectivity index (χ1) is 15.2. The number of carbonyl (C=O) groups excluding carboxylic acids is 1. The van der Waals surface area contributed by atoms with Crippen molar-refractivity contribution in [1.29, 1.82) is 0 Å². The Hall–Kier alpha value is -2.22. The summed E-state index contributed by atoms with van der Waals surface area (Å²) < 4.78 is 7.14. The lowest BCUT2D eigenvalue weighted by molar-refractivity contribution is -0.131. The lowest BCUT2D eigenvalue weighted by Crippen LogP contribution is -2.43. The van der Waals surface area contributed by atoms with E-state index in [1.807, 2.05) is 67.5 Å². The summed E-state index contributed by atoms with van der Waals surface area (Å²) in [5.74, 6) is 1.68. The molecule has 0 saturated carbocycles. The van der Waals surface area contributed by atoms with Crippen molar-refractivity contribution >= 4 is 40.9 Å². The Labute approximate surface area is 202 Å². The van der Waals surface area contributed by atoms with Crippen LogP contribution in [0.25, 0.3) is 17.1 Å². The van der Waals surface area contributed by atoms with E-state index in [1.54, 1.807) is 19.2 Å². The number of carbonyl (C=O) groups is 1. The lowest BCUT2D eigenvalue weighted by atomic mass is 10.2. The molecular weight excluding hydrogens is 467 g/mol.